The highest BCUT2D eigenvalue weighted by atomic mass is 35.5. The van der Waals surface area contributed by atoms with Crippen LogP contribution >= 0.6 is 36.2 Å². The Labute approximate surface area is 169 Å². The molecule has 1 aliphatic heterocycles. The van der Waals surface area contributed by atoms with Crippen molar-refractivity contribution in [1.29, 1.82) is 0 Å². The van der Waals surface area contributed by atoms with Gasteiger partial charge in [0.15, 0.2) is 0 Å². The third-order valence-electron chi connectivity index (χ3n) is 4.47. The molecule has 1 amide bonds. The molecule has 0 bridgehead atoms. The van der Waals surface area contributed by atoms with Crippen molar-refractivity contribution < 1.29 is 4.79 Å². The molecule has 4 nitrogen and oxygen atoms in total. The van der Waals surface area contributed by atoms with Crippen LogP contribution in [0.2, 0.25) is 0 Å². The molecule has 0 radical (unpaired) electrons. The van der Waals surface area contributed by atoms with Crippen molar-refractivity contribution in [2.24, 2.45) is 5.73 Å². The standard InChI is InChI=1S/C19H19N3OS.2ClH/c20-13-5-3-9-22(12-13)19(23)15-11-17(18-8-4-10-24-18)21-16-7-2-1-6-14(15)16;;/h1-2,4,6-8,10-11,13H,3,5,9,12,20H2;2*1H. The first-order chi connectivity index (χ1) is 11.7. The van der Waals surface area contributed by atoms with Crippen molar-refractivity contribution in [3.63, 3.8) is 0 Å². The lowest BCUT2D eigenvalue weighted by Gasteiger charge is -2.31. The highest BCUT2D eigenvalue weighted by molar-refractivity contribution is 7.13. The number of amides is 1. The Kier molecular flexibility index (Phi) is 7.01. The Morgan fingerprint density at radius 3 is 2.73 bits per heavy atom. The smallest absolute Gasteiger partial charge is 0.254 e. The van der Waals surface area contributed by atoms with Crippen molar-refractivity contribution >= 4 is 53.0 Å². The van der Waals surface area contributed by atoms with Crippen LogP contribution in [-0.4, -0.2) is 34.9 Å². The summed E-state index contributed by atoms with van der Waals surface area (Å²) in [7, 11) is 0. The number of aromatic nitrogens is 1. The molecule has 1 fully saturated rings. The van der Waals surface area contributed by atoms with Gasteiger partial charge in [-0.25, -0.2) is 4.98 Å². The van der Waals surface area contributed by atoms with Crippen LogP contribution in [0.4, 0.5) is 0 Å². The third kappa shape index (κ3) is 4.01. The predicted molar refractivity (Wildman–Crippen MR) is 113 cm³/mol. The topological polar surface area (TPSA) is 59.2 Å². The number of hydrogen-bond acceptors (Lipinski definition) is 4. The van der Waals surface area contributed by atoms with Crippen LogP contribution in [0.3, 0.4) is 0 Å². The van der Waals surface area contributed by atoms with Gasteiger partial charge in [0.2, 0.25) is 0 Å². The largest absolute Gasteiger partial charge is 0.337 e. The van der Waals surface area contributed by atoms with E-state index in [2.05, 4.69) is 0 Å². The minimum absolute atomic E-state index is 0. The van der Waals surface area contributed by atoms with Crippen molar-refractivity contribution in [3.05, 3.63) is 53.4 Å². The van der Waals surface area contributed by atoms with Gasteiger partial charge in [0, 0.05) is 24.5 Å². The van der Waals surface area contributed by atoms with Crippen LogP contribution in [-0.2, 0) is 0 Å². The highest BCUT2D eigenvalue weighted by Crippen LogP contribution is 2.29. The lowest BCUT2D eigenvalue weighted by molar-refractivity contribution is 0.0711. The Morgan fingerprint density at radius 2 is 2.00 bits per heavy atom. The van der Waals surface area contributed by atoms with Crippen LogP contribution in [0, 0.1) is 0 Å². The molecular weight excluding hydrogens is 389 g/mol. The summed E-state index contributed by atoms with van der Waals surface area (Å²) in [6.07, 6.45) is 1.95. The number of thiophene rings is 1. The predicted octanol–water partition coefficient (Wildman–Crippen LogP) is 4.37. The summed E-state index contributed by atoms with van der Waals surface area (Å²) in [6, 6.07) is 13.9. The zero-order chi connectivity index (χ0) is 16.5. The van der Waals surface area contributed by atoms with E-state index >= 15 is 0 Å². The van der Waals surface area contributed by atoms with E-state index in [0.29, 0.717) is 6.54 Å². The molecular formula is C19H21Cl2N3OS. The Bertz CT molecular complexity index is 886. The van der Waals surface area contributed by atoms with Crippen molar-refractivity contribution in [1.82, 2.24) is 9.88 Å². The number of nitrogens with zero attached hydrogens (tertiary/aromatic N) is 2. The van der Waals surface area contributed by atoms with Crippen molar-refractivity contribution in [2.75, 3.05) is 13.1 Å². The number of benzene rings is 1. The molecule has 1 aromatic carbocycles. The van der Waals surface area contributed by atoms with Gasteiger partial charge in [0.25, 0.3) is 5.91 Å². The lowest BCUT2D eigenvalue weighted by atomic mass is 10.0. The molecule has 1 aliphatic rings. The number of fused-ring (bicyclic) bond motifs is 1. The number of pyridine rings is 1. The Morgan fingerprint density at radius 1 is 1.19 bits per heavy atom. The summed E-state index contributed by atoms with van der Waals surface area (Å²) >= 11 is 1.63. The zero-order valence-corrected chi connectivity index (χ0v) is 16.6. The van der Waals surface area contributed by atoms with Gasteiger partial charge in [-0.1, -0.05) is 24.3 Å². The average Bonchev–Trinajstić information content (AvgIpc) is 3.15. The first kappa shape index (κ1) is 20.6. The number of halogens is 2. The number of nitrogens with two attached hydrogens (primary N) is 1. The van der Waals surface area contributed by atoms with Crippen LogP contribution in [0.1, 0.15) is 23.2 Å². The molecule has 4 rings (SSSR count). The molecule has 0 aliphatic carbocycles. The maximum Gasteiger partial charge on any atom is 0.254 e. The molecule has 1 atom stereocenters. The highest BCUT2D eigenvalue weighted by Gasteiger charge is 2.24. The van der Waals surface area contributed by atoms with Crippen LogP contribution in [0.25, 0.3) is 21.5 Å². The van der Waals surface area contributed by atoms with E-state index in [0.717, 1.165) is 46.4 Å². The molecule has 0 saturated carbocycles. The van der Waals surface area contributed by atoms with Gasteiger partial charge in [-0.15, -0.1) is 36.2 Å². The Balaban J connectivity index is 0.00000121. The summed E-state index contributed by atoms with van der Waals surface area (Å²) < 4.78 is 0. The van der Waals surface area contributed by atoms with Crippen molar-refractivity contribution in [3.8, 4) is 10.6 Å². The fraction of sp³-hybridized carbons (Fsp3) is 0.263. The van der Waals surface area contributed by atoms with E-state index in [4.69, 9.17) is 10.7 Å². The van der Waals surface area contributed by atoms with Crippen LogP contribution in [0.15, 0.2) is 47.8 Å². The monoisotopic (exact) mass is 409 g/mol. The normalized spacial score (nSPS) is 16.7. The van der Waals surface area contributed by atoms with Crippen molar-refractivity contribution in [2.45, 2.75) is 18.9 Å². The third-order valence-corrected chi connectivity index (χ3v) is 5.36. The maximum absolute atomic E-state index is 13.1. The second-order valence-corrected chi connectivity index (χ2v) is 7.15. The van der Waals surface area contributed by atoms with E-state index in [-0.39, 0.29) is 36.8 Å². The van der Waals surface area contributed by atoms with Crippen LogP contribution in [0.5, 0.6) is 0 Å². The van der Waals surface area contributed by atoms with E-state index in [9.17, 15) is 4.79 Å². The molecule has 0 spiro atoms. The summed E-state index contributed by atoms with van der Waals surface area (Å²) in [5, 5.41) is 2.93. The van der Waals surface area contributed by atoms with Gasteiger partial charge in [0.1, 0.15) is 0 Å². The fourth-order valence-corrected chi connectivity index (χ4v) is 3.95. The van der Waals surface area contributed by atoms with E-state index in [1.165, 1.54) is 0 Å². The second kappa shape index (κ2) is 8.82. The van der Waals surface area contributed by atoms with E-state index in [1.54, 1.807) is 11.3 Å². The van der Waals surface area contributed by atoms with Crippen LogP contribution < -0.4 is 5.73 Å². The van der Waals surface area contributed by atoms with Gasteiger partial charge >= 0.3 is 0 Å². The average molecular weight is 410 g/mol. The fourth-order valence-electron chi connectivity index (χ4n) is 3.27. The SMILES string of the molecule is Cl.Cl.NC1CCCN(C(=O)c2cc(-c3cccs3)nc3ccccc23)C1. The lowest BCUT2D eigenvalue weighted by Crippen LogP contribution is -2.45. The van der Waals surface area contributed by atoms with E-state index < -0.39 is 0 Å². The van der Waals surface area contributed by atoms with Gasteiger partial charge < -0.3 is 10.6 Å². The molecule has 7 heteroatoms. The van der Waals surface area contributed by atoms with Gasteiger partial charge in [-0.05, 0) is 36.4 Å². The van der Waals surface area contributed by atoms with Gasteiger partial charge in [0.05, 0.1) is 21.7 Å². The summed E-state index contributed by atoms with van der Waals surface area (Å²) in [5.74, 6) is 0.0570. The molecule has 3 heterocycles. The summed E-state index contributed by atoms with van der Waals surface area (Å²) in [4.78, 5) is 20.8. The minimum Gasteiger partial charge on any atom is -0.337 e. The number of carbonyl (C=O) groups is 1. The number of likely N-dealkylation sites (tertiary alicyclic amines) is 1. The quantitative estimate of drug-likeness (QED) is 0.683. The molecule has 2 N–H and O–H groups in total. The molecule has 138 valence electrons. The number of carbonyl (C=O) groups excluding carboxylic acids is 1. The van der Waals surface area contributed by atoms with Gasteiger partial charge in [-0.3, -0.25) is 4.79 Å². The second-order valence-electron chi connectivity index (χ2n) is 6.20. The number of piperidine rings is 1. The number of para-hydroxylation sites is 1. The molecule has 2 aromatic heterocycles. The molecule has 1 saturated heterocycles. The number of hydrogen-bond donors (Lipinski definition) is 1. The number of rotatable bonds is 2. The first-order valence-corrected chi connectivity index (χ1v) is 9.09. The maximum atomic E-state index is 13.1. The summed E-state index contributed by atoms with van der Waals surface area (Å²) in [6.45, 7) is 1.40. The minimum atomic E-state index is 0. The molecule has 1 unspecified atom stereocenters. The molecule has 3 aromatic rings. The summed E-state index contributed by atoms with van der Waals surface area (Å²) in [5.41, 5.74) is 8.49. The van der Waals surface area contributed by atoms with Gasteiger partial charge in [-0.2, -0.15) is 0 Å². The first-order valence-electron chi connectivity index (χ1n) is 8.21. The van der Waals surface area contributed by atoms with E-state index in [1.807, 2.05) is 52.7 Å². The zero-order valence-electron chi connectivity index (χ0n) is 14.1. The Hall–Kier alpha value is -1.66. The molecule has 26 heavy (non-hydrogen) atoms.